The summed E-state index contributed by atoms with van der Waals surface area (Å²) in [6, 6.07) is 8.46. The molecule has 1 aromatic rings. The number of hydrogen-bond acceptors (Lipinski definition) is 5. The number of hydrogen-bond donors (Lipinski definition) is 1. The van der Waals surface area contributed by atoms with E-state index in [0.29, 0.717) is 0 Å². The van der Waals surface area contributed by atoms with E-state index in [0.717, 1.165) is 5.56 Å². The van der Waals surface area contributed by atoms with Crippen molar-refractivity contribution in [1.29, 1.82) is 0 Å². The molecule has 1 fully saturated rings. The zero-order chi connectivity index (χ0) is 22.5. The predicted molar refractivity (Wildman–Crippen MR) is 113 cm³/mol. The standard InChI is InChI=1S/C22H33N3O5/c1-21(2,3)23-18(26)17-14-24(19(27)30-22(4,5)6)12-13-25(17)20(28)29-15-16-10-8-7-9-11-16/h7-11,17H,12-15H2,1-6H3,(H,23,26)/t17-/m0/s1. The van der Waals surface area contributed by atoms with Crippen molar-refractivity contribution in [2.45, 2.75) is 65.3 Å². The molecule has 2 rings (SSSR count). The third kappa shape index (κ3) is 7.24. The van der Waals surface area contributed by atoms with Crippen LogP contribution in [0.15, 0.2) is 30.3 Å². The normalized spacial score (nSPS) is 17.3. The molecule has 0 unspecified atom stereocenters. The van der Waals surface area contributed by atoms with E-state index >= 15 is 0 Å². The van der Waals surface area contributed by atoms with Crippen LogP contribution in [0.25, 0.3) is 0 Å². The number of nitrogens with zero attached hydrogens (tertiary/aromatic N) is 2. The molecule has 166 valence electrons. The lowest BCUT2D eigenvalue weighted by Crippen LogP contribution is -2.63. The number of piperazine rings is 1. The molecule has 1 aliphatic rings. The van der Waals surface area contributed by atoms with Crippen LogP contribution in [0.3, 0.4) is 0 Å². The molecule has 1 heterocycles. The van der Waals surface area contributed by atoms with Gasteiger partial charge in [-0.1, -0.05) is 30.3 Å². The smallest absolute Gasteiger partial charge is 0.410 e. The Balaban J connectivity index is 2.11. The fourth-order valence-corrected chi connectivity index (χ4v) is 2.97. The molecule has 8 nitrogen and oxygen atoms in total. The van der Waals surface area contributed by atoms with Crippen LogP contribution in [0, 0.1) is 0 Å². The molecule has 0 bridgehead atoms. The molecule has 0 saturated carbocycles. The number of amides is 3. The minimum absolute atomic E-state index is 0.0390. The molecule has 1 saturated heterocycles. The summed E-state index contributed by atoms with van der Waals surface area (Å²) < 4.78 is 10.9. The van der Waals surface area contributed by atoms with Gasteiger partial charge >= 0.3 is 12.2 Å². The van der Waals surface area contributed by atoms with Crippen molar-refractivity contribution in [3.63, 3.8) is 0 Å². The highest BCUT2D eigenvalue weighted by molar-refractivity contribution is 5.87. The third-order valence-electron chi connectivity index (χ3n) is 4.27. The van der Waals surface area contributed by atoms with Crippen molar-refractivity contribution in [2.24, 2.45) is 0 Å². The van der Waals surface area contributed by atoms with E-state index in [9.17, 15) is 14.4 Å². The minimum atomic E-state index is -0.867. The Morgan fingerprint density at radius 2 is 1.63 bits per heavy atom. The van der Waals surface area contributed by atoms with Gasteiger partial charge in [-0.2, -0.15) is 0 Å². The second kappa shape index (κ2) is 9.36. The van der Waals surface area contributed by atoms with Crippen molar-refractivity contribution in [3.8, 4) is 0 Å². The maximum atomic E-state index is 12.9. The molecule has 0 aliphatic carbocycles. The predicted octanol–water partition coefficient (Wildman–Crippen LogP) is 3.16. The Bertz CT molecular complexity index is 752. The van der Waals surface area contributed by atoms with Crippen molar-refractivity contribution >= 4 is 18.1 Å². The second-order valence-electron chi connectivity index (χ2n) is 9.41. The van der Waals surface area contributed by atoms with E-state index in [4.69, 9.17) is 9.47 Å². The van der Waals surface area contributed by atoms with Gasteiger partial charge in [0.2, 0.25) is 5.91 Å². The monoisotopic (exact) mass is 419 g/mol. The average Bonchev–Trinajstić information content (AvgIpc) is 2.63. The van der Waals surface area contributed by atoms with Crippen LogP contribution in [0.1, 0.15) is 47.1 Å². The Morgan fingerprint density at radius 1 is 1.00 bits per heavy atom. The van der Waals surface area contributed by atoms with Gasteiger partial charge < -0.3 is 19.7 Å². The fraction of sp³-hybridized carbons (Fsp3) is 0.591. The molecule has 1 aliphatic heterocycles. The fourth-order valence-electron chi connectivity index (χ4n) is 2.97. The maximum absolute atomic E-state index is 12.9. The zero-order valence-electron chi connectivity index (χ0n) is 18.7. The highest BCUT2D eigenvalue weighted by atomic mass is 16.6. The number of nitrogens with one attached hydrogen (secondary N) is 1. The van der Waals surface area contributed by atoms with Crippen LogP contribution in [-0.4, -0.2) is 64.7 Å². The highest BCUT2D eigenvalue weighted by Crippen LogP contribution is 2.17. The van der Waals surface area contributed by atoms with Crippen LogP contribution in [0.2, 0.25) is 0 Å². The number of carbonyl (C=O) groups excluding carboxylic acids is 3. The molecule has 30 heavy (non-hydrogen) atoms. The molecular formula is C22H33N3O5. The maximum Gasteiger partial charge on any atom is 0.410 e. The van der Waals surface area contributed by atoms with Gasteiger partial charge in [0, 0.05) is 18.6 Å². The first-order valence-electron chi connectivity index (χ1n) is 10.1. The van der Waals surface area contributed by atoms with Gasteiger partial charge in [0.25, 0.3) is 0 Å². The van der Waals surface area contributed by atoms with Crippen molar-refractivity contribution < 1.29 is 23.9 Å². The van der Waals surface area contributed by atoms with Gasteiger partial charge in [0.05, 0.1) is 6.54 Å². The van der Waals surface area contributed by atoms with E-state index < -0.39 is 29.4 Å². The minimum Gasteiger partial charge on any atom is -0.445 e. The van der Waals surface area contributed by atoms with Gasteiger partial charge in [-0.15, -0.1) is 0 Å². The molecule has 1 N–H and O–H groups in total. The Hall–Kier alpha value is -2.77. The van der Waals surface area contributed by atoms with Crippen molar-refractivity contribution in [1.82, 2.24) is 15.1 Å². The van der Waals surface area contributed by atoms with Crippen LogP contribution < -0.4 is 5.32 Å². The summed E-state index contributed by atoms with van der Waals surface area (Å²) in [7, 11) is 0. The van der Waals surface area contributed by atoms with Gasteiger partial charge in [0.1, 0.15) is 18.2 Å². The number of rotatable bonds is 3. The van der Waals surface area contributed by atoms with E-state index in [1.165, 1.54) is 9.80 Å². The quantitative estimate of drug-likeness (QED) is 0.813. The molecule has 0 aromatic heterocycles. The average molecular weight is 420 g/mol. The summed E-state index contributed by atoms with van der Waals surface area (Å²) in [4.78, 5) is 41.0. The van der Waals surface area contributed by atoms with E-state index in [1.54, 1.807) is 20.8 Å². The van der Waals surface area contributed by atoms with Gasteiger partial charge in [0.15, 0.2) is 0 Å². The summed E-state index contributed by atoms with van der Waals surface area (Å²) in [5, 5.41) is 2.89. The summed E-state index contributed by atoms with van der Waals surface area (Å²) in [5.74, 6) is -0.340. The lowest BCUT2D eigenvalue weighted by molar-refractivity contribution is -0.129. The van der Waals surface area contributed by atoms with Crippen LogP contribution >= 0.6 is 0 Å². The number of carbonyl (C=O) groups is 3. The van der Waals surface area contributed by atoms with Crippen LogP contribution in [0.4, 0.5) is 9.59 Å². The first kappa shape index (κ1) is 23.5. The first-order chi connectivity index (χ1) is 13.9. The van der Waals surface area contributed by atoms with E-state index in [1.807, 2.05) is 51.1 Å². The Morgan fingerprint density at radius 3 is 2.20 bits per heavy atom. The molecule has 1 atom stereocenters. The lowest BCUT2D eigenvalue weighted by Gasteiger charge is -2.40. The summed E-state index contributed by atoms with van der Waals surface area (Å²) in [5.41, 5.74) is -0.273. The topological polar surface area (TPSA) is 88.2 Å². The number of benzene rings is 1. The SMILES string of the molecule is CC(C)(C)NC(=O)[C@@H]1CN(C(=O)OC(C)(C)C)CCN1C(=O)OCc1ccccc1. The zero-order valence-corrected chi connectivity index (χ0v) is 18.7. The largest absolute Gasteiger partial charge is 0.445 e. The molecule has 0 radical (unpaired) electrons. The molecule has 3 amide bonds. The molecule has 0 spiro atoms. The third-order valence-corrected chi connectivity index (χ3v) is 4.27. The Labute approximate surface area is 178 Å². The number of ether oxygens (including phenoxy) is 2. The van der Waals surface area contributed by atoms with Gasteiger partial charge in [-0.25, -0.2) is 9.59 Å². The van der Waals surface area contributed by atoms with Crippen LogP contribution in [0.5, 0.6) is 0 Å². The Kier molecular flexibility index (Phi) is 7.34. The summed E-state index contributed by atoms with van der Waals surface area (Å²) >= 11 is 0. The second-order valence-corrected chi connectivity index (χ2v) is 9.41. The van der Waals surface area contributed by atoms with Crippen molar-refractivity contribution in [2.75, 3.05) is 19.6 Å². The van der Waals surface area contributed by atoms with Crippen molar-refractivity contribution in [3.05, 3.63) is 35.9 Å². The first-order valence-corrected chi connectivity index (χ1v) is 10.1. The highest BCUT2D eigenvalue weighted by Gasteiger charge is 2.40. The van der Waals surface area contributed by atoms with E-state index in [-0.39, 0.29) is 32.1 Å². The van der Waals surface area contributed by atoms with Gasteiger partial charge in [-0.3, -0.25) is 9.69 Å². The molecule has 8 heteroatoms. The molecule has 1 aromatic carbocycles. The van der Waals surface area contributed by atoms with Crippen LogP contribution in [-0.2, 0) is 20.9 Å². The van der Waals surface area contributed by atoms with Gasteiger partial charge in [-0.05, 0) is 47.1 Å². The lowest BCUT2D eigenvalue weighted by atomic mass is 10.1. The summed E-state index contributed by atoms with van der Waals surface area (Å²) in [6.07, 6.45) is -1.09. The molecular weight excluding hydrogens is 386 g/mol. The van der Waals surface area contributed by atoms with E-state index in [2.05, 4.69) is 5.32 Å². The summed E-state index contributed by atoms with van der Waals surface area (Å²) in [6.45, 7) is 11.5.